The molecule has 0 fully saturated rings. The molecule has 37 heavy (non-hydrogen) atoms. The summed E-state index contributed by atoms with van der Waals surface area (Å²) in [6.45, 7) is 6.71. The fraction of sp³-hybridized carbons (Fsp3) is 0.360. The van der Waals surface area contributed by atoms with E-state index in [1.165, 1.54) is 0 Å². The van der Waals surface area contributed by atoms with Gasteiger partial charge in [-0.3, -0.25) is 40.9 Å². The van der Waals surface area contributed by atoms with Crippen LogP contribution in [0.5, 0.6) is 11.5 Å². The first-order valence-electron chi connectivity index (χ1n) is 11.4. The van der Waals surface area contributed by atoms with E-state index >= 15 is 0 Å². The lowest BCUT2D eigenvalue weighted by Gasteiger charge is -2.11. The summed E-state index contributed by atoms with van der Waals surface area (Å²) in [5, 5.41) is 1.27. The number of carbonyl (C=O) groups excluding carboxylic acids is 4. The molecule has 200 valence electrons. The number of rotatable bonds is 10. The van der Waals surface area contributed by atoms with Gasteiger partial charge in [-0.05, 0) is 80.6 Å². The standard InChI is InChI=1S/C25H30Cl2N4O6/c1-14-8-18(9-15(2)24(14)26)36-12-22(34)30-28-20(32)6-5-7-21(33)29-31-23(35)13-37-19-10-16(3)25(27)17(4)11-19/h8-11H,5-7,12-13H2,1-4H3,(H,28,32)(H,29,33)(H,30,34)(H,31,35). The fourth-order valence-electron chi connectivity index (χ4n) is 3.16. The van der Waals surface area contributed by atoms with E-state index in [9.17, 15) is 19.2 Å². The Kier molecular flexibility index (Phi) is 11.5. The van der Waals surface area contributed by atoms with Gasteiger partial charge in [-0.2, -0.15) is 0 Å². The highest BCUT2D eigenvalue weighted by Gasteiger charge is 2.11. The van der Waals surface area contributed by atoms with Crippen molar-refractivity contribution in [2.75, 3.05) is 13.2 Å². The first-order valence-corrected chi connectivity index (χ1v) is 12.2. The molecule has 2 aromatic carbocycles. The van der Waals surface area contributed by atoms with Crippen LogP contribution in [0.4, 0.5) is 0 Å². The maximum absolute atomic E-state index is 11.9. The summed E-state index contributed by atoms with van der Waals surface area (Å²) in [5.41, 5.74) is 12.3. The average Bonchev–Trinajstić information content (AvgIpc) is 2.85. The molecule has 2 aromatic rings. The molecule has 2 rings (SSSR count). The molecule has 4 N–H and O–H groups in total. The van der Waals surface area contributed by atoms with Gasteiger partial charge in [-0.15, -0.1) is 0 Å². The van der Waals surface area contributed by atoms with Gasteiger partial charge < -0.3 is 9.47 Å². The van der Waals surface area contributed by atoms with Crippen LogP contribution in [0, 0.1) is 27.7 Å². The van der Waals surface area contributed by atoms with Crippen molar-refractivity contribution in [3.05, 3.63) is 56.6 Å². The molecule has 0 spiro atoms. The summed E-state index contributed by atoms with van der Waals surface area (Å²) in [4.78, 5) is 47.5. The third-order valence-corrected chi connectivity index (χ3v) is 6.24. The maximum Gasteiger partial charge on any atom is 0.276 e. The molecule has 0 atom stereocenters. The van der Waals surface area contributed by atoms with Crippen LogP contribution >= 0.6 is 23.2 Å². The smallest absolute Gasteiger partial charge is 0.276 e. The van der Waals surface area contributed by atoms with Crippen molar-refractivity contribution >= 4 is 46.8 Å². The molecule has 0 heterocycles. The molecule has 0 saturated heterocycles. The molecule has 10 nitrogen and oxygen atoms in total. The Balaban J connectivity index is 1.58. The quantitative estimate of drug-likeness (QED) is 0.334. The summed E-state index contributed by atoms with van der Waals surface area (Å²) >= 11 is 12.2. The topological polar surface area (TPSA) is 135 Å². The number of hydrazine groups is 2. The highest BCUT2D eigenvalue weighted by atomic mass is 35.5. The molecule has 0 radical (unpaired) electrons. The summed E-state index contributed by atoms with van der Waals surface area (Å²) in [6, 6.07) is 6.85. The maximum atomic E-state index is 11.9. The number of ether oxygens (including phenoxy) is 2. The number of nitrogens with one attached hydrogen (secondary N) is 4. The molecular weight excluding hydrogens is 523 g/mol. The van der Waals surface area contributed by atoms with Crippen molar-refractivity contribution in [2.45, 2.75) is 47.0 Å². The second-order valence-corrected chi connectivity index (χ2v) is 9.12. The highest BCUT2D eigenvalue weighted by Crippen LogP contribution is 2.26. The van der Waals surface area contributed by atoms with E-state index in [1.54, 1.807) is 24.3 Å². The Labute approximate surface area is 225 Å². The Morgan fingerprint density at radius 1 is 0.595 bits per heavy atom. The van der Waals surface area contributed by atoms with Gasteiger partial charge in [-0.1, -0.05) is 23.2 Å². The SMILES string of the molecule is Cc1cc(OCC(=O)NNC(=O)CCCC(=O)NNC(=O)COc2cc(C)c(Cl)c(C)c2)cc(C)c1Cl. The van der Waals surface area contributed by atoms with Crippen LogP contribution < -0.4 is 31.2 Å². The summed E-state index contributed by atoms with van der Waals surface area (Å²) in [6.07, 6.45) is 0.163. The van der Waals surface area contributed by atoms with E-state index in [0.717, 1.165) is 22.3 Å². The molecule has 0 aliphatic rings. The lowest BCUT2D eigenvalue weighted by molar-refractivity contribution is -0.131. The van der Waals surface area contributed by atoms with Crippen LogP contribution in [0.25, 0.3) is 0 Å². The monoisotopic (exact) mass is 552 g/mol. The largest absolute Gasteiger partial charge is 0.484 e. The zero-order valence-electron chi connectivity index (χ0n) is 21.1. The van der Waals surface area contributed by atoms with E-state index in [1.807, 2.05) is 27.7 Å². The predicted molar refractivity (Wildman–Crippen MR) is 139 cm³/mol. The van der Waals surface area contributed by atoms with E-state index in [4.69, 9.17) is 32.7 Å². The van der Waals surface area contributed by atoms with Crippen LogP contribution in [0.1, 0.15) is 41.5 Å². The Bertz CT molecular complexity index is 1040. The van der Waals surface area contributed by atoms with Gasteiger partial charge in [0, 0.05) is 22.9 Å². The Morgan fingerprint density at radius 2 is 0.892 bits per heavy atom. The van der Waals surface area contributed by atoms with Crippen molar-refractivity contribution in [3.63, 3.8) is 0 Å². The molecule has 0 aromatic heterocycles. The molecule has 0 saturated carbocycles. The zero-order valence-corrected chi connectivity index (χ0v) is 22.6. The number of hydrogen-bond donors (Lipinski definition) is 4. The van der Waals surface area contributed by atoms with E-state index in [2.05, 4.69) is 21.7 Å². The van der Waals surface area contributed by atoms with Crippen LogP contribution in [0.2, 0.25) is 10.0 Å². The Morgan fingerprint density at radius 3 is 1.22 bits per heavy atom. The third kappa shape index (κ3) is 10.2. The number of amides is 4. The minimum atomic E-state index is -0.551. The van der Waals surface area contributed by atoms with Gasteiger partial charge in [0.1, 0.15) is 11.5 Å². The van der Waals surface area contributed by atoms with Crippen LogP contribution in [-0.4, -0.2) is 36.8 Å². The lowest BCUT2D eigenvalue weighted by Crippen LogP contribution is -2.44. The summed E-state index contributed by atoms with van der Waals surface area (Å²) < 4.78 is 10.8. The second-order valence-electron chi connectivity index (χ2n) is 8.37. The van der Waals surface area contributed by atoms with Crippen molar-refractivity contribution < 1.29 is 28.7 Å². The van der Waals surface area contributed by atoms with Gasteiger partial charge in [0.2, 0.25) is 11.8 Å². The van der Waals surface area contributed by atoms with Gasteiger partial charge in [-0.25, -0.2) is 0 Å². The molecule has 0 aliphatic heterocycles. The lowest BCUT2D eigenvalue weighted by atomic mass is 10.1. The van der Waals surface area contributed by atoms with Crippen molar-refractivity contribution in [2.24, 2.45) is 0 Å². The molecule has 0 bridgehead atoms. The van der Waals surface area contributed by atoms with Gasteiger partial charge in [0.25, 0.3) is 11.8 Å². The molecule has 0 unspecified atom stereocenters. The van der Waals surface area contributed by atoms with Crippen LogP contribution in [0.3, 0.4) is 0 Å². The molecule has 0 aliphatic carbocycles. The molecule has 12 heteroatoms. The second kappa shape index (κ2) is 14.3. The van der Waals surface area contributed by atoms with E-state index in [-0.39, 0.29) is 32.5 Å². The summed E-state index contributed by atoms with van der Waals surface area (Å²) in [7, 11) is 0. The van der Waals surface area contributed by atoms with E-state index in [0.29, 0.717) is 21.5 Å². The molecular formula is C25H30Cl2N4O6. The highest BCUT2D eigenvalue weighted by molar-refractivity contribution is 6.32. The van der Waals surface area contributed by atoms with Gasteiger partial charge in [0.15, 0.2) is 13.2 Å². The van der Waals surface area contributed by atoms with Gasteiger partial charge >= 0.3 is 0 Å². The normalized spacial score (nSPS) is 10.3. The van der Waals surface area contributed by atoms with Crippen LogP contribution in [0.15, 0.2) is 24.3 Å². The first-order chi connectivity index (χ1) is 17.5. The minimum absolute atomic E-state index is 0.0174. The van der Waals surface area contributed by atoms with Crippen molar-refractivity contribution in [1.82, 2.24) is 21.7 Å². The number of carbonyl (C=O) groups is 4. The number of halogens is 2. The first kappa shape index (κ1) is 29.7. The number of aryl methyl sites for hydroxylation is 4. The number of benzene rings is 2. The minimum Gasteiger partial charge on any atom is -0.484 e. The number of hydrogen-bond acceptors (Lipinski definition) is 6. The molecule has 4 amide bonds. The van der Waals surface area contributed by atoms with Crippen molar-refractivity contribution in [3.8, 4) is 11.5 Å². The van der Waals surface area contributed by atoms with Crippen molar-refractivity contribution in [1.29, 1.82) is 0 Å². The predicted octanol–water partition coefficient (Wildman–Crippen LogP) is 3.15. The Hall–Kier alpha value is -3.50. The fourth-order valence-corrected chi connectivity index (χ4v) is 3.38. The van der Waals surface area contributed by atoms with Gasteiger partial charge in [0.05, 0.1) is 0 Å². The summed E-state index contributed by atoms with van der Waals surface area (Å²) in [5.74, 6) is -1.09. The zero-order chi connectivity index (χ0) is 27.5. The third-order valence-electron chi connectivity index (χ3n) is 5.05. The van der Waals surface area contributed by atoms with Crippen LogP contribution in [-0.2, 0) is 19.2 Å². The average molecular weight is 553 g/mol. The van der Waals surface area contributed by atoms with E-state index < -0.39 is 23.6 Å².